The molecule has 1 saturated carbocycles. The van der Waals surface area contributed by atoms with Crippen LogP contribution in [0.25, 0.3) is 0 Å². The third-order valence-electron chi connectivity index (χ3n) is 3.52. The van der Waals surface area contributed by atoms with Crippen LogP contribution in [0.1, 0.15) is 51.4 Å². The molecule has 0 atom stereocenters. The minimum atomic E-state index is -0.823. The van der Waals surface area contributed by atoms with Crippen molar-refractivity contribution in [3.05, 3.63) is 0 Å². The van der Waals surface area contributed by atoms with E-state index in [0.29, 0.717) is 25.8 Å². The second kappa shape index (κ2) is 6.73. The summed E-state index contributed by atoms with van der Waals surface area (Å²) in [5.41, 5.74) is -0.703. The van der Waals surface area contributed by atoms with Gasteiger partial charge in [-0.05, 0) is 25.7 Å². The summed E-state index contributed by atoms with van der Waals surface area (Å²) in [6.07, 6.45) is 5.18. The topological polar surface area (TPSA) is 77.8 Å². The van der Waals surface area contributed by atoms with E-state index < -0.39 is 11.6 Å². The number of carbonyl (C=O) groups is 2. The number of aliphatic hydroxyl groups is 1. The maximum atomic E-state index is 11.8. The highest BCUT2D eigenvalue weighted by Gasteiger charge is 2.33. The molecule has 104 valence electrons. The number of hydrogen-bond acceptors (Lipinski definition) is 3. The van der Waals surface area contributed by atoms with E-state index in [1.54, 1.807) is 11.9 Å². The van der Waals surface area contributed by atoms with Gasteiger partial charge in [0.25, 0.3) is 0 Å². The molecule has 0 bridgehead atoms. The first-order valence-electron chi connectivity index (χ1n) is 6.61. The van der Waals surface area contributed by atoms with Gasteiger partial charge in [0, 0.05) is 26.4 Å². The monoisotopic (exact) mass is 257 g/mol. The van der Waals surface area contributed by atoms with Gasteiger partial charge in [0.15, 0.2) is 0 Å². The van der Waals surface area contributed by atoms with Crippen LogP contribution in [0.3, 0.4) is 0 Å². The lowest BCUT2D eigenvalue weighted by Gasteiger charge is -2.28. The van der Waals surface area contributed by atoms with Crippen LogP contribution in [0.4, 0.5) is 0 Å². The highest BCUT2D eigenvalue weighted by Crippen LogP contribution is 2.30. The fourth-order valence-electron chi connectivity index (χ4n) is 2.46. The van der Waals surface area contributed by atoms with Crippen LogP contribution < -0.4 is 0 Å². The van der Waals surface area contributed by atoms with Gasteiger partial charge in [-0.3, -0.25) is 9.59 Å². The minimum Gasteiger partial charge on any atom is -0.481 e. The molecule has 0 saturated heterocycles. The second-order valence-corrected chi connectivity index (χ2v) is 5.28. The molecule has 1 aliphatic rings. The molecule has 0 heterocycles. The SMILES string of the molecule is CN(CC1(O)CCCC1)C(=O)CCCCC(=O)O. The molecule has 1 fully saturated rings. The fourth-order valence-corrected chi connectivity index (χ4v) is 2.46. The smallest absolute Gasteiger partial charge is 0.303 e. The van der Waals surface area contributed by atoms with Crippen LogP contribution in [0.15, 0.2) is 0 Å². The van der Waals surface area contributed by atoms with Crippen LogP contribution in [-0.2, 0) is 9.59 Å². The van der Waals surface area contributed by atoms with Crippen LogP contribution in [0.2, 0.25) is 0 Å². The van der Waals surface area contributed by atoms with E-state index in [2.05, 4.69) is 0 Å². The molecule has 0 aromatic heterocycles. The number of aliphatic carboxylic acids is 1. The second-order valence-electron chi connectivity index (χ2n) is 5.28. The summed E-state index contributed by atoms with van der Waals surface area (Å²) in [7, 11) is 1.70. The molecule has 2 N–H and O–H groups in total. The Kier molecular flexibility index (Phi) is 5.59. The van der Waals surface area contributed by atoms with Crippen LogP contribution in [-0.4, -0.2) is 46.2 Å². The summed E-state index contributed by atoms with van der Waals surface area (Å²) in [6.45, 7) is 0.394. The molecular formula is C13H23NO4. The van der Waals surface area contributed by atoms with Crippen LogP contribution >= 0.6 is 0 Å². The Morgan fingerprint density at radius 3 is 2.28 bits per heavy atom. The normalized spacial score (nSPS) is 17.7. The van der Waals surface area contributed by atoms with Gasteiger partial charge >= 0.3 is 5.97 Å². The number of rotatable bonds is 7. The number of hydrogen-bond donors (Lipinski definition) is 2. The number of carboxylic acid groups (broad SMARTS) is 1. The Balaban J connectivity index is 2.22. The fraction of sp³-hybridized carbons (Fsp3) is 0.846. The van der Waals surface area contributed by atoms with Gasteiger partial charge in [-0.2, -0.15) is 0 Å². The van der Waals surface area contributed by atoms with E-state index in [4.69, 9.17) is 5.11 Å². The number of amides is 1. The van der Waals surface area contributed by atoms with E-state index >= 15 is 0 Å². The molecule has 0 aromatic carbocycles. The average molecular weight is 257 g/mol. The molecule has 0 radical (unpaired) electrons. The Labute approximate surface area is 108 Å². The highest BCUT2D eigenvalue weighted by atomic mass is 16.4. The van der Waals surface area contributed by atoms with Gasteiger partial charge in [-0.25, -0.2) is 0 Å². The lowest BCUT2D eigenvalue weighted by molar-refractivity contribution is -0.137. The number of unbranched alkanes of at least 4 members (excludes halogenated alkanes) is 1. The Bertz CT molecular complexity index is 297. The predicted octanol–water partition coefficient (Wildman–Crippen LogP) is 1.39. The number of carboxylic acids is 1. The molecule has 1 amide bonds. The standard InChI is InChI=1S/C13H23NO4/c1-14(10-13(18)8-4-5-9-13)11(15)6-2-3-7-12(16)17/h18H,2-10H2,1H3,(H,16,17). The summed E-state index contributed by atoms with van der Waals surface area (Å²) in [6, 6.07) is 0. The molecule has 18 heavy (non-hydrogen) atoms. The molecule has 0 spiro atoms. The maximum absolute atomic E-state index is 11.8. The van der Waals surface area contributed by atoms with Crippen molar-refractivity contribution in [3.63, 3.8) is 0 Å². The Morgan fingerprint density at radius 1 is 1.17 bits per heavy atom. The van der Waals surface area contributed by atoms with E-state index in [1.165, 1.54) is 0 Å². The molecule has 5 nitrogen and oxygen atoms in total. The maximum Gasteiger partial charge on any atom is 0.303 e. The Hall–Kier alpha value is -1.10. The zero-order valence-corrected chi connectivity index (χ0v) is 11.0. The van der Waals surface area contributed by atoms with Gasteiger partial charge < -0.3 is 15.1 Å². The van der Waals surface area contributed by atoms with Gasteiger partial charge in [0.1, 0.15) is 0 Å². The number of likely N-dealkylation sites (N-methyl/N-ethyl adjacent to an activating group) is 1. The van der Waals surface area contributed by atoms with Crippen molar-refractivity contribution < 1.29 is 19.8 Å². The van der Waals surface area contributed by atoms with Crippen molar-refractivity contribution in [2.24, 2.45) is 0 Å². The minimum absolute atomic E-state index is 0.0132. The first-order chi connectivity index (χ1) is 8.43. The lowest BCUT2D eigenvalue weighted by Crippen LogP contribution is -2.41. The summed E-state index contributed by atoms with van der Waals surface area (Å²) in [5.74, 6) is -0.836. The molecule has 1 rings (SSSR count). The molecular weight excluding hydrogens is 234 g/mol. The first-order valence-corrected chi connectivity index (χ1v) is 6.61. The molecule has 0 aromatic rings. The van der Waals surface area contributed by atoms with E-state index in [0.717, 1.165) is 25.7 Å². The van der Waals surface area contributed by atoms with Crippen LogP contribution in [0, 0.1) is 0 Å². The zero-order valence-electron chi connectivity index (χ0n) is 11.0. The molecule has 0 unspecified atom stereocenters. The molecule has 1 aliphatic carbocycles. The summed E-state index contributed by atoms with van der Waals surface area (Å²) in [5, 5.41) is 18.7. The van der Waals surface area contributed by atoms with Gasteiger partial charge in [-0.1, -0.05) is 12.8 Å². The predicted molar refractivity (Wildman–Crippen MR) is 67.2 cm³/mol. The van der Waals surface area contributed by atoms with Gasteiger partial charge in [-0.15, -0.1) is 0 Å². The first kappa shape index (κ1) is 15.0. The van der Waals surface area contributed by atoms with Crippen molar-refractivity contribution in [3.8, 4) is 0 Å². The van der Waals surface area contributed by atoms with Crippen molar-refractivity contribution >= 4 is 11.9 Å². The van der Waals surface area contributed by atoms with Crippen molar-refractivity contribution in [2.75, 3.05) is 13.6 Å². The van der Waals surface area contributed by atoms with Gasteiger partial charge in [0.2, 0.25) is 5.91 Å². The Morgan fingerprint density at radius 2 is 1.72 bits per heavy atom. The summed E-state index contributed by atoms with van der Waals surface area (Å²) in [4.78, 5) is 23.7. The molecule has 0 aliphatic heterocycles. The van der Waals surface area contributed by atoms with Crippen molar-refractivity contribution in [2.45, 2.75) is 57.0 Å². The average Bonchev–Trinajstić information content (AvgIpc) is 2.70. The number of carbonyl (C=O) groups excluding carboxylic acids is 1. The summed E-state index contributed by atoms with van der Waals surface area (Å²) >= 11 is 0. The van der Waals surface area contributed by atoms with Crippen molar-refractivity contribution in [1.29, 1.82) is 0 Å². The van der Waals surface area contributed by atoms with E-state index in [-0.39, 0.29) is 12.3 Å². The molecule has 5 heteroatoms. The van der Waals surface area contributed by atoms with Crippen molar-refractivity contribution in [1.82, 2.24) is 4.90 Å². The van der Waals surface area contributed by atoms with E-state index in [1.807, 2.05) is 0 Å². The van der Waals surface area contributed by atoms with E-state index in [9.17, 15) is 14.7 Å². The third-order valence-corrected chi connectivity index (χ3v) is 3.52. The van der Waals surface area contributed by atoms with Crippen LogP contribution in [0.5, 0.6) is 0 Å². The quantitative estimate of drug-likeness (QED) is 0.676. The lowest BCUT2D eigenvalue weighted by atomic mass is 10.0. The summed E-state index contributed by atoms with van der Waals surface area (Å²) < 4.78 is 0. The number of nitrogens with zero attached hydrogens (tertiary/aromatic N) is 1. The largest absolute Gasteiger partial charge is 0.481 e. The van der Waals surface area contributed by atoms with Gasteiger partial charge in [0.05, 0.1) is 5.60 Å². The third kappa shape index (κ3) is 5.04. The zero-order chi connectivity index (χ0) is 13.6. The highest BCUT2D eigenvalue weighted by molar-refractivity contribution is 5.76.